The molecule has 2 heterocycles. The van der Waals surface area contributed by atoms with Crippen LogP contribution in [-0.4, -0.2) is 80.9 Å². The van der Waals surface area contributed by atoms with Crippen LogP contribution < -0.4 is 0 Å². The minimum atomic E-state index is -3.52. The summed E-state index contributed by atoms with van der Waals surface area (Å²) in [7, 11) is -3.52. The summed E-state index contributed by atoms with van der Waals surface area (Å²) in [5.74, 6) is 0.0554. The molecule has 0 saturated carbocycles. The minimum Gasteiger partial charge on any atom is -0.378 e. The predicted molar refractivity (Wildman–Crippen MR) is 124 cm³/mol. The minimum absolute atomic E-state index is 0.0554. The molecule has 0 aromatic heterocycles. The lowest BCUT2D eigenvalue weighted by molar-refractivity contribution is -0.142. The first kappa shape index (κ1) is 22.7. The largest absolute Gasteiger partial charge is 0.378 e. The first-order valence-corrected chi connectivity index (χ1v) is 12.4. The molecule has 2 aromatic carbocycles. The fraction of sp³-hybridized carbons (Fsp3) is 0.375. The van der Waals surface area contributed by atoms with Crippen molar-refractivity contribution < 1.29 is 17.9 Å². The molecule has 1 atom stereocenters. The van der Waals surface area contributed by atoms with Crippen LogP contribution in [-0.2, 0) is 19.6 Å². The Labute approximate surface area is 189 Å². The van der Waals surface area contributed by atoms with Gasteiger partial charge in [0.15, 0.2) is 0 Å². The number of hydrogen-bond acceptors (Lipinski definition) is 5. The first-order valence-electron chi connectivity index (χ1n) is 10.9. The average molecular weight is 456 g/mol. The van der Waals surface area contributed by atoms with Crippen molar-refractivity contribution in [1.29, 1.82) is 0 Å². The molecule has 4 rings (SSSR count). The van der Waals surface area contributed by atoms with E-state index < -0.39 is 16.1 Å². The van der Waals surface area contributed by atoms with Crippen LogP contribution in [0, 0.1) is 0 Å². The topological polar surface area (TPSA) is 70.2 Å². The van der Waals surface area contributed by atoms with Crippen molar-refractivity contribution in [2.75, 3.05) is 52.5 Å². The van der Waals surface area contributed by atoms with E-state index in [9.17, 15) is 13.2 Å². The maximum absolute atomic E-state index is 13.4. The molecule has 0 bridgehead atoms. The van der Waals surface area contributed by atoms with Crippen LogP contribution in [0.2, 0.25) is 0 Å². The summed E-state index contributed by atoms with van der Waals surface area (Å²) in [4.78, 5) is 17.4. The van der Waals surface area contributed by atoms with E-state index in [0.717, 1.165) is 11.1 Å². The Bertz CT molecular complexity index is 1010. The van der Waals surface area contributed by atoms with Gasteiger partial charge in [-0.25, -0.2) is 8.42 Å². The lowest BCUT2D eigenvalue weighted by Gasteiger charge is -2.40. The molecule has 32 heavy (non-hydrogen) atoms. The van der Waals surface area contributed by atoms with E-state index in [1.165, 1.54) is 9.71 Å². The lowest BCUT2D eigenvalue weighted by Crippen LogP contribution is -2.53. The van der Waals surface area contributed by atoms with E-state index in [1.807, 2.05) is 65.6 Å². The monoisotopic (exact) mass is 455 g/mol. The zero-order chi connectivity index (χ0) is 22.4. The smallest absolute Gasteiger partial charge is 0.244 e. The summed E-state index contributed by atoms with van der Waals surface area (Å²) >= 11 is 0. The summed E-state index contributed by atoms with van der Waals surface area (Å²) in [6.07, 6.45) is 1.62. The maximum Gasteiger partial charge on any atom is 0.244 e. The van der Waals surface area contributed by atoms with Gasteiger partial charge in [0.1, 0.15) is 6.04 Å². The van der Waals surface area contributed by atoms with Crippen molar-refractivity contribution in [3.63, 3.8) is 0 Å². The molecule has 2 aliphatic heterocycles. The van der Waals surface area contributed by atoms with E-state index in [1.54, 1.807) is 6.08 Å². The Balaban J connectivity index is 1.46. The van der Waals surface area contributed by atoms with Crippen molar-refractivity contribution >= 4 is 22.0 Å². The molecule has 8 heteroatoms. The summed E-state index contributed by atoms with van der Waals surface area (Å²) < 4.78 is 32.5. The second-order valence-electron chi connectivity index (χ2n) is 7.94. The third kappa shape index (κ3) is 5.45. The Morgan fingerprint density at radius 3 is 2.06 bits per heavy atom. The average Bonchev–Trinajstić information content (AvgIpc) is 2.85. The molecule has 170 valence electrons. The van der Waals surface area contributed by atoms with Gasteiger partial charge in [-0.15, -0.1) is 0 Å². The number of morpholine rings is 1. The van der Waals surface area contributed by atoms with Crippen molar-refractivity contribution in [1.82, 2.24) is 14.1 Å². The van der Waals surface area contributed by atoms with Crippen molar-refractivity contribution in [3.05, 3.63) is 77.2 Å². The number of benzene rings is 2. The normalized spacial score (nSPS) is 19.8. The number of sulfonamides is 1. The number of hydrogen-bond donors (Lipinski definition) is 0. The third-order valence-electron chi connectivity index (χ3n) is 5.90. The summed E-state index contributed by atoms with van der Waals surface area (Å²) in [6.45, 7) is 3.95. The van der Waals surface area contributed by atoms with Gasteiger partial charge in [-0.3, -0.25) is 9.69 Å². The van der Waals surface area contributed by atoms with Crippen molar-refractivity contribution in [2.45, 2.75) is 6.04 Å². The van der Waals surface area contributed by atoms with Crippen LogP contribution in [0.5, 0.6) is 0 Å². The highest BCUT2D eigenvalue weighted by Crippen LogP contribution is 2.26. The number of ether oxygens (including phenoxy) is 1. The van der Waals surface area contributed by atoms with E-state index in [-0.39, 0.29) is 5.91 Å². The van der Waals surface area contributed by atoms with Crippen LogP contribution in [0.3, 0.4) is 0 Å². The second kappa shape index (κ2) is 10.4. The number of carbonyl (C=O) groups excluding carboxylic acids is 1. The van der Waals surface area contributed by atoms with Gasteiger partial charge in [0.2, 0.25) is 15.9 Å². The summed E-state index contributed by atoms with van der Waals surface area (Å²) in [5.41, 5.74) is 1.78. The maximum atomic E-state index is 13.4. The van der Waals surface area contributed by atoms with Gasteiger partial charge in [0.25, 0.3) is 0 Å². The first-order chi connectivity index (χ1) is 15.5. The molecular weight excluding hydrogens is 426 g/mol. The van der Waals surface area contributed by atoms with Crippen LogP contribution >= 0.6 is 0 Å². The molecule has 2 aromatic rings. The molecule has 1 unspecified atom stereocenters. The van der Waals surface area contributed by atoms with Gasteiger partial charge in [-0.1, -0.05) is 60.7 Å². The summed E-state index contributed by atoms with van der Waals surface area (Å²) in [6, 6.07) is 18.7. The molecule has 0 spiro atoms. The number of piperazine rings is 1. The fourth-order valence-electron chi connectivity index (χ4n) is 4.13. The summed E-state index contributed by atoms with van der Waals surface area (Å²) in [5, 5.41) is 1.27. The zero-order valence-electron chi connectivity index (χ0n) is 18.0. The Morgan fingerprint density at radius 1 is 0.844 bits per heavy atom. The zero-order valence-corrected chi connectivity index (χ0v) is 18.9. The van der Waals surface area contributed by atoms with Crippen LogP contribution in [0.25, 0.3) is 6.08 Å². The number of nitrogens with zero attached hydrogens (tertiary/aromatic N) is 3. The molecular formula is C24H29N3O4S. The van der Waals surface area contributed by atoms with Crippen molar-refractivity contribution in [2.24, 2.45) is 0 Å². The van der Waals surface area contributed by atoms with Crippen LogP contribution in [0.4, 0.5) is 0 Å². The van der Waals surface area contributed by atoms with Gasteiger partial charge in [-0.2, -0.15) is 4.31 Å². The van der Waals surface area contributed by atoms with E-state index in [0.29, 0.717) is 52.5 Å². The Kier molecular flexibility index (Phi) is 7.36. The fourth-order valence-corrected chi connectivity index (χ4v) is 5.31. The van der Waals surface area contributed by atoms with Gasteiger partial charge in [0, 0.05) is 44.7 Å². The van der Waals surface area contributed by atoms with E-state index >= 15 is 0 Å². The van der Waals surface area contributed by atoms with Gasteiger partial charge in [-0.05, 0) is 17.2 Å². The number of carbonyl (C=O) groups is 1. The van der Waals surface area contributed by atoms with Gasteiger partial charge < -0.3 is 9.64 Å². The van der Waals surface area contributed by atoms with Crippen LogP contribution in [0.15, 0.2) is 66.1 Å². The van der Waals surface area contributed by atoms with E-state index in [2.05, 4.69) is 4.90 Å². The molecule has 2 fully saturated rings. The third-order valence-corrected chi connectivity index (χ3v) is 7.47. The molecule has 2 aliphatic rings. The Morgan fingerprint density at radius 2 is 1.44 bits per heavy atom. The number of rotatable bonds is 6. The molecule has 1 amide bonds. The highest BCUT2D eigenvalue weighted by Gasteiger charge is 2.35. The second-order valence-corrected chi connectivity index (χ2v) is 9.76. The standard InChI is InChI=1S/C24H29N3O4S/c28-24(26-16-18-31-19-17-26)23(22-9-5-2-6-10-22)25-12-14-27(15-13-25)32(29,30)20-11-21-7-3-1-4-8-21/h1-11,20,23H,12-19H2/b20-11+. The Hall–Kier alpha value is -2.52. The van der Waals surface area contributed by atoms with E-state index in [4.69, 9.17) is 4.74 Å². The van der Waals surface area contributed by atoms with Crippen LogP contribution in [0.1, 0.15) is 17.2 Å². The molecule has 0 N–H and O–H groups in total. The van der Waals surface area contributed by atoms with Gasteiger partial charge in [0.05, 0.1) is 13.2 Å². The molecule has 7 nitrogen and oxygen atoms in total. The molecule has 0 radical (unpaired) electrons. The SMILES string of the molecule is O=C(C(c1ccccc1)N1CCN(S(=O)(=O)/C=C/c2ccccc2)CC1)N1CCOCC1. The molecule has 0 aliphatic carbocycles. The lowest BCUT2D eigenvalue weighted by atomic mass is 10.0. The quantitative estimate of drug-likeness (QED) is 0.668. The number of amides is 1. The molecule has 2 saturated heterocycles. The van der Waals surface area contributed by atoms with Crippen molar-refractivity contribution in [3.8, 4) is 0 Å². The highest BCUT2D eigenvalue weighted by atomic mass is 32.2. The van der Waals surface area contributed by atoms with Gasteiger partial charge >= 0.3 is 0 Å². The predicted octanol–water partition coefficient (Wildman–Crippen LogP) is 2.20. The highest BCUT2D eigenvalue weighted by molar-refractivity contribution is 7.92.